The van der Waals surface area contributed by atoms with Crippen molar-refractivity contribution >= 4 is 38.9 Å². The SMILES string of the molecule is COCCNC(=O)CC1(O)C2CC[C@H]1CC(S(=O)(=O)c1cc(C(=O)Nc3cc(F)c(F)c(F)c3)ccc1Cl)C2. The summed E-state index contributed by atoms with van der Waals surface area (Å²) in [7, 11) is -2.57. The van der Waals surface area contributed by atoms with E-state index in [0.29, 0.717) is 38.1 Å². The number of ether oxygens (including phenoxy) is 1. The van der Waals surface area contributed by atoms with Crippen molar-refractivity contribution in [3.05, 3.63) is 58.4 Å². The summed E-state index contributed by atoms with van der Waals surface area (Å²) in [5.74, 6) is -6.74. The topological polar surface area (TPSA) is 122 Å². The quantitative estimate of drug-likeness (QED) is 0.302. The molecule has 0 spiro atoms. The Hall–Kier alpha value is -2.67. The molecule has 2 aromatic rings. The predicted molar refractivity (Wildman–Crippen MR) is 137 cm³/mol. The first-order valence-corrected chi connectivity index (χ1v) is 14.3. The van der Waals surface area contributed by atoms with E-state index in [-0.39, 0.29) is 46.3 Å². The summed E-state index contributed by atoms with van der Waals surface area (Å²) >= 11 is 6.23. The van der Waals surface area contributed by atoms with Gasteiger partial charge in [-0.15, -0.1) is 0 Å². The van der Waals surface area contributed by atoms with E-state index in [4.69, 9.17) is 16.3 Å². The van der Waals surface area contributed by atoms with Gasteiger partial charge in [0.05, 0.1) is 33.8 Å². The van der Waals surface area contributed by atoms with E-state index in [1.54, 1.807) is 0 Å². The van der Waals surface area contributed by atoms with Crippen LogP contribution in [-0.2, 0) is 19.4 Å². The van der Waals surface area contributed by atoms with Gasteiger partial charge in [-0.05, 0) is 55.7 Å². The number of nitrogens with one attached hydrogen (secondary N) is 2. The monoisotopic (exact) mass is 588 g/mol. The van der Waals surface area contributed by atoms with E-state index >= 15 is 0 Å². The van der Waals surface area contributed by atoms with Crippen LogP contribution in [0.4, 0.5) is 18.9 Å². The van der Waals surface area contributed by atoms with Gasteiger partial charge in [0.25, 0.3) is 5.91 Å². The van der Waals surface area contributed by atoms with Gasteiger partial charge in [0.2, 0.25) is 5.91 Å². The van der Waals surface area contributed by atoms with Crippen molar-refractivity contribution in [3.8, 4) is 0 Å². The molecule has 2 aliphatic carbocycles. The third-order valence-corrected chi connectivity index (χ3v) is 10.3. The van der Waals surface area contributed by atoms with Crippen molar-refractivity contribution in [1.82, 2.24) is 5.32 Å². The van der Waals surface area contributed by atoms with Crippen LogP contribution in [-0.4, -0.2) is 56.5 Å². The fourth-order valence-corrected chi connectivity index (χ4v) is 8.04. The number of hydrogen-bond donors (Lipinski definition) is 3. The fourth-order valence-electron chi connectivity index (χ4n) is 5.64. The standard InChI is InChI=1S/C26H28ClF3N2O6S/c1-38-7-6-31-23(33)13-26(35)15-3-4-16(26)10-18(9-15)39(36,37)22-8-14(2-5-19(22)27)25(34)32-17-11-20(28)24(30)21(29)12-17/h2,5,8,11-12,15-16,18,35H,3-4,6-7,9-10,13H2,1H3,(H,31,33)(H,32,34)/t15-,16?,18?,26?/m0/s1. The van der Waals surface area contributed by atoms with Crippen molar-refractivity contribution in [3.63, 3.8) is 0 Å². The molecule has 0 saturated heterocycles. The van der Waals surface area contributed by atoms with Crippen molar-refractivity contribution < 1.29 is 41.0 Å². The number of hydrogen-bond acceptors (Lipinski definition) is 6. The van der Waals surface area contributed by atoms with Gasteiger partial charge in [0, 0.05) is 37.0 Å². The van der Waals surface area contributed by atoms with Crippen molar-refractivity contribution in [1.29, 1.82) is 0 Å². The molecule has 8 nitrogen and oxygen atoms in total. The van der Waals surface area contributed by atoms with Crippen molar-refractivity contribution in [2.24, 2.45) is 11.8 Å². The Morgan fingerprint density at radius 1 is 1.10 bits per heavy atom. The summed E-state index contributed by atoms with van der Waals surface area (Å²) in [6, 6.07) is 4.75. The zero-order valence-corrected chi connectivity index (χ0v) is 22.5. The van der Waals surface area contributed by atoms with Gasteiger partial charge in [0.15, 0.2) is 27.3 Å². The Balaban J connectivity index is 1.52. The molecular formula is C26H28ClF3N2O6S. The van der Waals surface area contributed by atoms with Crippen molar-refractivity contribution in [2.75, 3.05) is 25.6 Å². The van der Waals surface area contributed by atoms with Gasteiger partial charge in [-0.3, -0.25) is 9.59 Å². The van der Waals surface area contributed by atoms with Crippen LogP contribution in [0.25, 0.3) is 0 Å². The van der Waals surface area contributed by atoms with Gasteiger partial charge in [-0.2, -0.15) is 0 Å². The molecule has 3 N–H and O–H groups in total. The Morgan fingerprint density at radius 2 is 1.72 bits per heavy atom. The van der Waals surface area contributed by atoms with Gasteiger partial charge < -0.3 is 20.5 Å². The minimum atomic E-state index is -4.07. The highest BCUT2D eigenvalue weighted by Gasteiger charge is 2.56. The molecule has 0 heterocycles. The average molecular weight is 589 g/mol. The molecule has 3 unspecified atom stereocenters. The molecule has 2 amide bonds. The predicted octanol–water partition coefficient (Wildman–Crippen LogP) is 3.86. The minimum Gasteiger partial charge on any atom is -0.389 e. The molecule has 2 fully saturated rings. The number of carbonyl (C=O) groups excluding carboxylic acids is 2. The second-order valence-electron chi connectivity index (χ2n) is 9.97. The van der Waals surface area contributed by atoms with E-state index in [1.807, 2.05) is 0 Å². The lowest BCUT2D eigenvalue weighted by atomic mass is 9.72. The maximum Gasteiger partial charge on any atom is 0.255 e. The van der Waals surface area contributed by atoms with Gasteiger partial charge >= 0.3 is 0 Å². The largest absolute Gasteiger partial charge is 0.389 e. The Bertz CT molecular complexity index is 1350. The van der Waals surface area contributed by atoms with E-state index < -0.39 is 55.9 Å². The third kappa shape index (κ3) is 5.93. The Kier molecular flexibility index (Phi) is 8.60. The van der Waals surface area contributed by atoms with Crippen LogP contribution >= 0.6 is 11.6 Å². The Morgan fingerprint density at radius 3 is 2.31 bits per heavy atom. The van der Waals surface area contributed by atoms with E-state index in [1.165, 1.54) is 19.2 Å². The zero-order valence-electron chi connectivity index (χ0n) is 21.0. The molecule has 13 heteroatoms. The lowest BCUT2D eigenvalue weighted by Crippen LogP contribution is -2.50. The molecule has 0 radical (unpaired) electrons. The highest BCUT2D eigenvalue weighted by atomic mass is 35.5. The summed E-state index contributed by atoms with van der Waals surface area (Å²) in [5.41, 5.74) is -1.83. The lowest BCUT2D eigenvalue weighted by molar-refractivity contribution is -0.132. The lowest BCUT2D eigenvalue weighted by Gasteiger charge is -2.42. The maximum atomic E-state index is 13.7. The van der Waals surface area contributed by atoms with Crippen LogP contribution in [0, 0.1) is 29.3 Å². The fraction of sp³-hybridized carbons (Fsp3) is 0.462. The minimum absolute atomic E-state index is 0.113. The first-order chi connectivity index (χ1) is 18.4. The van der Waals surface area contributed by atoms with Gasteiger partial charge in [0.1, 0.15) is 0 Å². The number of fused-ring (bicyclic) bond motifs is 2. The van der Waals surface area contributed by atoms with E-state index in [9.17, 15) is 36.3 Å². The summed E-state index contributed by atoms with van der Waals surface area (Å²) in [5, 5.41) is 15.3. The molecule has 2 aromatic carbocycles. The maximum absolute atomic E-state index is 13.7. The first-order valence-electron chi connectivity index (χ1n) is 12.3. The van der Waals surface area contributed by atoms with Gasteiger partial charge in [-0.1, -0.05) is 11.6 Å². The highest BCUT2D eigenvalue weighted by molar-refractivity contribution is 7.92. The third-order valence-electron chi connectivity index (χ3n) is 7.62. The second kappa shape index (κ2) is 11.4. The molecule has 0 aromatic heterocycles. The summed E-state index contributed by atoms with van der Waals surface area (Å²) in [4.78, 5) is 24.8. The van der Waals surface area contributed by atoms with Crippen LogP contribution in [0.2, 0.25) is 5.02 Å². The molecule has 2 bridgehead atoms. The smallest absolute Gasteiger partial charge is 0.255 e. The summed E-state index contributed by atoms with van der Waals surface area (Å²) in [6.45, 7) is 0.623. The number of rotatable bonds is 9. The number of amides is 2. The number of anilines is 1. The normalized spacial score (nSPS) is 24.4. The van der Waals surface area contributed by atoms with Crippen LogP contribution in [0.3, 0.4) is 0 Å². The molecule has 39 heavy (non-hydrogen) atoms. The van der Waals surface area contributed by atoms with Crippen LogP contribution in [0.5, 0.6) is 0 Å². The van der Waals surface area contributed by atoms with Gasteiger partial charge in [-0.25, -0.2) is 21.6 Å². The molecule has 4 atom stereocenters. The second-order valence-corrected chi connectivity index (χ2v) is 12.6. The molecular weight excluding hydrogens is 561 g/mol. The highest BCUT2D eigenvalue weighted by Crippen LogP contribution is 2.53. The number of halogens is 4. The van der Waals surface area contributed by atoms with Crippen LogP contribution in [0.15, 0.2) is 35.2 Å². The summed E-state index contributed by atoms with van der Waals surface area (Å²) < 4.78 is 72.5. The number of sulfone groups is 1. The van der Waals surface area contributed by atoms with E-state index in [2.05, 4.69) is 10.6 Å². The molecule has 2 saturated carbocycles. The first kappa shape index (κ1) is 29.3. The van der Waals surface area contributed by atoms with E-state index in [0.717, 1.165) is 6.07 Å². The van der Waals surface area contributed by atoms with Crippen molar-refractivity contribution in [2.45, 2.75) is 47.9 Å². The summed E-state index contributed by atoms with van der Waals surface area (Å²) in [6.07, 6.45) is 1.22. The molecule has 0 aliphatic heterocycles. The number of carbonyl (C=O) groups is 2. The number of benzene rings is 2. The number of methoxy groups -OCH3 is 1. The van der Waals surface area contributed by atoms with Crippen LogP contribution in [0.1, 0.15) is 42.5 Å². The Labute approximate surface area is 228 Å². The number of aliphatic hydroxyl groups is 1. The van der Waals surface area contributed by atoms with Crippen LogP contribution < -0.4 is 10.6 Å². The molecule has 2 aliphatic rings. The zero-order chi connectivity index (χ0) is 28.5. The molecule has 212 valence electrons. The molecule has 4 rings (SSSR count). The average Bonchev–Trinajstić information content (AvgIpc) is 3.03.